The standard InChI is InChI=1S/C14H23N3.HI/c1-5-10-16-14(15-3)17(4)11-13-9-7-6-8-12(13)2;/h6-9H,5,10-11H2,1-4H3,(H,15,16);1H. The fourth-order valence-corrected chi connectivity index (χ4v) is 1.74. The molecule has 0 fully saturated rings. The molecule has 3 nitrogen and oxygen atoms in total. The second kappa shape index (κ2) is 9.19. The van der Waals surface area contributed by atoms with Crippen LogP contribution in [0.15, 0.2) is 29.3 Å². The molecular formula is C14H24IN3. The zero-order valence-corrected chi connectivity index (χ0v) is 14.1. The van der Waals surface area contributed by atoms with Gasteiger partial charge in [-0.15, -0.1) is 24.0 Å². The van der Waals surface area contributed by atoms with Crippen molar-refractivity contribution in [2.45, 2.75) is 26.8 Å². The quantitative estimate of drug-likeness (QED) is 0.507. The summed E-state index contributed by atoms with van der Waals surface area (Å²) in [5, 5.41) is 3.33. The van der Waals surface area contributed by atoms with Crippen LogP contribution in [-0.4, -0.2) is 31.5 Å². The first-order valence-electron chi connectivity index (χ1n) is 6.15. The Balaban J connectivity index is 0.00000289. The highest BCUT2D eigenvalue weighted by Gasteiger charge is 2.06. The van der Waals surface area contributed by atoms with Crippen LogP contribution >= 0.6 is 24.0 Å². The van der Waals surface area contributed by atoms with E-state index in [0.29, 0.717) is 0 Å². The Bertz CT molecular complexity index is 377. The van der Waals surface area contributed by atoms with Gasteiger partial charge < -0.3 is 10.2 Å². The average Bonchev–Trinajstić information content (AvgIpc) is 2.33. The summed E-state index contributed by atoms with van der Waals surface area (Å²) in [4.78, 5) is 6.43. The molecule has 102 valence electrons. The second-order valence-corrected chi connectivity index (χ2v) is 4.26. The van der Waals surface area contributed by atoms with Crippen molar-refractivity contribution in [2.75, 3.05) is 20.6 Å². The lowest BCUT2D eigenvalue weighted by Crippen LogP contribution is -2.38. The van der Waals surface area contributed by atoms with Gasteiger partial charge >= 0.3 is 0 Å². The van der Waals surface area contributed by atoms with Crippen LogP contribution in [0, 0.1) is 6.92 Å². The number of benzene rings is 1. The summed E-state index contributed by atoms with van der Waals surface area (Å²) in [6, 6.07) is 8.46. The fraction of sp³-hybridized carbons (Fsp3) is 0.500. The molecule has 0 aliphatic rings. The van der Waals surface area contributed by atoms with Gasteiger partial charge in [0.1, 0.15) is 0 Å². The van der Waals surface area contributed by atoms with Crippen LogP contribution in [0.1, 0.15) is 24.5 Å². The van der Waals surface area contributed by atoms with Crippen LogP contribution in [0.4, 0.5) is 0 Å². The maximum absolute atomic E-state index is 4.28. The van der Waals surface area contributed by atoms with Crippen molar-refractivity contribution in [1.82, 2.24) is 10.2 Å². The summed E-state index contributed by atoms with van der Waals surface area (Å²) in [7, 11) is 3.89. The van der Waals surface area contributed by atoms with Crippen molar-refractivity contribution in [3.05, 3.63) is 35.4 Å². The molecule has 0 amide bonds. The third kappa shape index (κ3) is 5.25. The predicted molar refractivity (Wildman–Crippen MR) is 89.7 cm³/mol. The van der Waals surface area contributed by atoms with E-state index in [1.165, 1.54) is 11.1 Å². The van der Waals surface area contributed by atoms with Gasteiger partial charge in [-0.05, 0) is 24.5 Å². The third-order valence-corrected chi connectivity index (χ3v) is 2.78. The molecule has 18 heavy (non-hydrogen) atoms. The van der Waals surface area contributed by atoms with Crippen LogP contribution < -0.4 is 5.32 Å². The number of hydrogen-bond donors (Lipinski definition) is 1. The first-order valence-corrected chi connectivity index (χ1v) is 6.15. The first kappa shape index (κ1) is 17.2. The van der Waals surface area contributed by atoms with Crippen LogP contribution in [0.5, 0.6) is 0 Å². The minimum Gasteiger partial charge on any atom is -0.356 e. The van der Waals surface area contributed by atoms with Crippen molar-refractivity contribution >= 4 is 29.9 Å². The summed E-state index contributed by atoms with van der Waals surface area (Å²) in [6.07, 6.45) is 1.11. The molecule has 0 saturated heterocycles. The lowest BCUT2D eigenvalue weighted by atomic mass is 10.1. The second-order valence-electron chi connectivity index (χ2n) is 4.26. The molecule has 1 N–H and O–H groups in total. The third-order valence-electron chi connectivity index (χ3n) is 2.78. The van der Waals surface area contributed by atoms with Gasteiger partial charge in [0.25, 0.3) is 0 Å². The number of rotatable bonds is 4. The lowest BCUT2D eigenvalue weighted by Gasteiger charge is -2.22. The van der Waals surface area contributed by atoms with Gasteiger partial charge in [0, 0.05) is 27.2 Å². The molecule has 4 heteroatoms. The molecular weight excluding hydrogens is 337 g/mol. The van der Waals surface area contributed by atoms with Crippen molar-refractivity contribution in [2.24, 2.45) is 4.99 Å². The maximum Gasteiger partial charge on any atom is 0.193 e. The Morgan fingerprint density at radius 3 is 2.56 bits per heavy atom. The molecule has 0 bridgehead atoms. The number of guanidine groups is 1. The van der Waals surface area contributed by atoms with Gasteiger partial charge in [0.05, 0.1) is 0 Å². The molecule has 0 saturated carbocycles. The van der Waals surface area contributed by atoms with E-state index in [0.717, 1.165) is 25.5 Å². The summed E-state index contributed by atoms with van der Waals surface area (Å²) in [5.74, 6) is 0.954. The number of nitrogens with one attached hydrogen (secondary N) is 1. The molecule has 0 atom stereocenters. The Morgan fingerprint density at radius 1 is 1.33 bits per heavy atom. The van der Waals surface area contributed by atoms with Crippen molar-refractivity contribution in [1.29, 1.82) is 0 Å². The molecule has 0 spiro atoms. The molecule has 0 aliphatic carbocycles. The van der Waals surface area contributed by atoms with E-state index in [-0.39, 0.29) is 24.0 Å². The van der Waals surface area contributed by atoms with Gasteiger partial charge in [-0.2, -0.15) is 0 Å². The van der Waals surface area contributed by atoms with E-state index in [1.54, 1.807) is 0 Å². The number of hydrogen-bond acceptors (Lipinski definition) is 1. The number of aliphatic imine (C=N–C) groups is 1. The van der Waals surface area contributed by atoms with Gasteiger partial charge in [0.2, 0.25) is 0 Å². The van der Waals surface area contributed by atoms with Crippen LogP contribution in [0.2, 0.25) is 0 Å². The van der Waals surface area contributed by atoms with E-state index >= 15 is 0 Å². The summed E-state index contributed by atoms with van der Waals surface area (Å²) in [6.45, 7) is 6.15. The van der Waals surface area contributed by atoms with E-state index in [4.69, 9.17) is 0 Å². The minimum absolute atomic E-state index is 0. The van der Waals surface area contributed by atoms with Gasteiger partial charge in [-0.25, -0.2) is 0 Å². The molecule has 0 unspecified atom stereocenters. The maximum atomic E-state index is 4.28. The van der Waals surface area contributed by atoms with Crippen molar-refractivity contribution in [3.8, 4) is 0 Å². The molecule has 0 heterocycles. The predicted octanol–water partition coefficient (Wildman–Crippen LogP) is 3.03. The van der Waals surface area contributed by atoms with Gasteiger partial charge in [0.15, 0.2) is 5.96 Å². The SMILES string of the molecule is CCCNC(=NC)N(C)Cc1ccccc1C.I. The number of aryl methyl sites for hydroxylation is 1. The highest BCUT2D eigenvalue weighted by Crippen LogP contribution is 2.09. The number of nitrogens with zero attached hydrogens (tertiary/aromatic N) is 2. The minimum atomic E-state index is 0. The van der Waals surface area contributed by atoms with Gasteiger partial charge in [-0.3, -0.25) is 4.99 Å². The Kier molecular flexibility index (Phi) is 8.79. The Hall–Kier alpha value is -0.780. The average molecular weight is 361 g/mol. The molecule has 0 aliphatic heterocycles. The normalized spacial score (nSPS) is 10.8. The fourth-order valence-electron chi connectivity index (χ4n) is 1.74. The molecule has 1 rings (SSSR count). The Labute approximate surface area is 128 Å². The van der Waals surface area contributed by atoms with E-state index in [1.807, 2.05) is 7.05 Å². The molecule has 0 aromatic heterocycles. The zero-order valence-electron chi connectivity index (χ0n) is 11.7. The molecule has 1 aromatic rings. The summed E-state index contributed by atoms with van der Waals surface area (Å²) in [5.41, 5.74) is 2.67. The highest BCUT2D eigenvalue weighted by atomic mass is 127. The Morgan fingerprint density at radius 2 is 2.00 bits per heavy atom. The van der Waals surface area contributed by atoms with Crippen LogP contribution in [0.25, 0.3) is 0 Å². The van der Waals surface area contributed by atoms with E-state index in [2.05, 4.69) is 60.4 Å². The summed E-state index contributed by atoms with van der Waals surface area (Å²) < 4.78 is 0. The largest absolute Gasteiger partial charge is 0.356 e. The monoisotopic (exact) mass is 361 g/mol. The highest BCUT2D eigenvalue weighted by molar-refractivity contribution is 14.0. The van der Waals surface area contributed by atoms with E-state index < -0.39 is 0 Å². The van der Waals surface area contributed by atoms with E-state index in [9.17, 15) is 0 Å². The van der Waals surface area contributed by atoms with Crippen molar-refractivity contribution < 1.29 is 0 Å². The topological polar surface area (TPSA) is 27.6 Å². The van der Waals surface area contributed by atoms with Crippen LogP contribution in [-0.2, 0) is 6.54 Å². The molecule has 0 radical (unpaired) electrons. The first-order chi connectivity index (χ1) is 8.19. The van der Waals surface area contributed by atoms with Crippen molar-refractivity contribution in [3.63, 3.8) is 0 Å². The summed E-state index contributed by atoms with van der Waals surface area (Å²) >= 11 is 0. The van der Waals surface area contributed by atoms with Gasteiger partial charge in [-0.1, -0.05) is 31.2 Å². The zero-order chi connectivity index (χ0) is 12.7. The lowest BCUT2D eigenvalue weighted by molar-refractivity contribution is 0.475. The smallest absolute Gasteiger partial charge is 0.193 e. The molecule has 1 aromatic carbocycles. The van der Waals surface area contributed by atoms with Crippen LogP contribution in [0.3, 0.4) is 0 Å². The number of halogens is 1.